The molecule has 31 heavy (non-hydrogen) atoms. The van der Waals surface area contributed by atoms with Gasteiger partial charge >= 0.3 is 0 Å². The summed E-state index contributed by atoms with van der Waals surface area (Å²) in [6, 6.07) is 0. The fourth-order valence-corrected chi connectivity index (χ4v) is 7.31. The molecule has 1 aromatic rings. The van der Waals surface area contributed by atoms with Crippen molar-refractivity contribution in [3.8, 4) is 11.5 Å². The zero-order chi connectivity index (χ0) is 24.7. The fourth-order valence-electron chi connectivity index (χ4n) is 6.34. The number of aromatic hydroxyl groups is 1. The van der Waals surface area contributed by atoms with Gasteiger partial charge in [0.05, 0.1) is 7.11 Å². The highest BCUT2D eigenvalue weighted by atomic mass is 32.2. The molecule has 0 aliphatic carbocycles. The summed E-state index contributed by atoms with van der Waals surface area (Å²) < 4.78 is 40.1. The Morgan fingerprint density at radius 2 is 1.42 bits per heavy atom. The van der Waals surface area contributed by atoms with Gasteiger partial charge in [-0.3, -0.25) is 4.55 Å². The molecule has 0 saturated heterocycles. The molecule has 0 bridgehead atoms. The van der Waals surface area contributed by atoms with E-state index in [2.05, 4.69) is 62.3 Å². The SMILES string of the molecule is COc1c(C)c(O)c(C(C(C)(C)CC(C)C)C(C)(C)CC(C)(C)C)c(C)c1S(=O)(=O)O. The van der Waals surface area contributed by atoms with Gasteiger partial charge in [-0.15, -0.1) is 0 Å². The third-order valence-corrected chi connectivity index (χ3v) is 7.14. The second-order valence-corrected chi connectivity index (χ2v) is 13.5. The molecule has 0 heterocycles. The second-order valence-electron chi connectivity index (χ2n) is 12.1. The summed E-state index contributed by atoms with van der Waals surface area (Å²) in [6.45, 7) is 23.0. The number of hydrogen-bond acceptors (Lipinski definition) is 4. The Morgan fingerprint density at radius 1 is 0.935 bits per heavy atom. The van der Waals surface area contributed by atoms with E-state index in [4.69, 9.17) is 4.74 Å². The van der Waals surface area contributed by atoms with Gasteiger partial charge in [-0.05, 0) is 60.3 Å². The first-order chi connectivity index (χ1) is 13.7. The zero-order valence-electron chi connectivity index (χ0n) is 21.6. The van der Waals surface area contributed by atoms with E-state index in [1.54, 1.807) is 13.8 Å². The summed E-state index contributed by atoms with van der Waals surface area (Å²) in [5.41, 5.74) is 0.788. The van der Waals surface area contributed by atoms with E-state index >= 15 is 0 Å². The molecule has 5 nitrogen and oxygen atoms in total. The maximum absolute atomic E-state index is 12.4. The topological polar surface area (TPSA) is 83.8 Å². The summed E-state index contributed by atoms with van der Waals surface area (Å²) in [7, 11) is -3.21. The first-order valence-corrected chi connectivity index (χ1v) is 12.5. The van der Waals surface area contributed by atoms with E-state index in [9.17, 15) is 18.1 Å². The van der Waals surface area contributed by atoms with Crippen LogP contribution in [0.25, 0.3) is 0 Å². The minimum Gasteiger partial charge on any atom is -0.507 e. The summed E-state index contributed by atoms with van der Waals surface area (Å²) >= 11 is 0. The molecular formula is C25H44O5S. The van der Waals surface area contributed by atoms with Gasteiger partial charge in [0.1, 0.15) is 16.4 Å². The van der Waals surface area contributed by atoms with Gasteiger partial charge in [0.25, 0.3) is 10.1 Å². The lowest BCUT2D eigenvalue weighted by Crippen LogP contribution is -2.38. The van der Waals surface area contributed by atoms with Gasteiger partial charge in [-0.1, -0.05) is 62.3 Å². The number of phenolic OH excluding ortho intramolecular Hbond substituents is 1. The molecule has 1 unspecified atom stereocenters. The quantitative estimate of drug-likeness (QED) is 0.416. The lowest BCUT2D eigenvalue weighted by Gasteiger charge is -2.49. The van der Waals surface area contributed by atoms with Crippen molar-refractivity contribution in [1.29, 1.82) is 0 Å². The Kier molecular flexibility index (Phi) is 8.00. The first kappa shape index (κ1) is 27.8. The van der Waals surface area contributed by atoms with Gasteiger partial charge in [-0.2, -0.15) is 8.42 Å². The molecular weight excluding hydrogens is 412 g/mol. The number of rotatable bonds is 8. The molecule has 0 fully saturated rings. The average Bonchev–Trinajstić information content (AvgIpc) is 2.49. The van der Waals surface area contributed by atoms with Crippen LogP contribution in [0, 0.1) is 36.0 Å². The molecule has 6 heteroatoms. The molecule has 2 N–H and O–H groups in total. The number of phenols is 1. The molecule has 0 aliphatic rings. The number of methoxy groups -OCH3 is 1. The number of ether oxygens (including phenoxy) is 1. The van der Waals surface area contributed by atoms with Crippen LogP contribution in [0.1, 0.15) is 97.8 Å². The Morgan fingerprint density at radius 3 is 1.77 bits per heavy atom. The molecule has 180 valence electrons. The Bertz CT molecular complexity index is 903. The lowest BCUT2D eigenvalue weighted by atomic mass is 9.56. The highest BCUT2D eigenvalue weighted by Crippen LogP contribution is 2.58. The van der Waals surface area contributed by atoms with E-state index < -0.39 is 10.1 Å². The molecule has 0 aromatic heterocycles. The fraction of sp³-hybridized carbons (Fsp3) is 0.760. The second kappa shape index (κ2) is 8.93. The molecule has 1 aromatic carbocycles. The van der Waals surface area contributed by atoms with Crippen molar-refractivity contribution in [3.63, 3.8) is 0 Å². The van der Waals surface area contributed by atoms with Gasteiger partial charge in [0.15, 0.2) is 0 Å². The van der Waals surface area contributed by atoms with E-state index in [1.165, 1.54) is 7.11 Å². The van der Waals surface area contributed by atoms with Crippen LogP contribution >= 0.6 is 0 Å². The molecule has 0 spiro atoms. The predicted octanol–water partition coefficient (Wildman–Crippen LogP) is 6.88. The van der Waals surface area contributed by atoms with Crippen molar-refractivity contribution >= 4 is 10.1 Å². The summed E-state index contributed by atoms with van der Waals surface area (Å²) in [4.78, 5) is -0.253. The predicted molar refractivity (Wildman–Crippen MR) is 128 cm³/mol. The van der Waals surface area contributed by atoms with E-state index in [-0.39, 0.29) is 38.6 Å². The van der Waals surface area contributed by atoms with Crippen LogP contribution in [0.15, 0.2) is 4.90 Å². The largest absolute Gasteiger partial charge is 0.507 e. The van der Waals surface area contributed by atoms with Crippen LogP contribution in [0.5, 0.6) is 11.5 Å². The maximum Gasteiger partial charge on any atom is 0.298 e. The van der Waals surface area contributed by atoms with Crippen molar-refractivity contribution in [2.24, 2.45) is 22.2 Å². The summed E-state index contributed by atoms with van der Waals surface area (Å²) in [5.74, 6) is 0.304. The van der Waals surface area contributed by atoms with Gasteiger partial charge < -0.3 is 9.84 Å². The van der Waals surface area contributed by atoms with Crippen molar-refractivity contribution in [2.45, 2.75) is 99.8 Å². The highest BCUT2D eigenvalue weighted by molar-refractivity contribution is 7.86. The van der Waals surface area contributed by atoms with Crippen LogP contribution in [0.2, 0.25) is 0 Å². The van der Waals surface area contributed by atoms with Crippen LogP contribution in [-0.2, 0) is 10.1 Å². The average molecular weight is 457 g/mol. The summed E-state index contributed by atoms with van der Waals surface area (Å²) in [6.07, 6.45) is 1.77. The van der Waals surface area contributed by atoms with Crippen molar-refractivity contribution in [2.75, 3.05) is 7.11 Å². The Balaban J connectivity index is 4.13. The molecule has 0 aliphatic heterocycles. The third-order valence-electron chi connectivity index (χ3n) is 6.14. The normalized spacial score (nSPS) is 14.8. The minimum absolute atomic E-state index is 0.00436. The zero-order valence-corrected chi connectivity index (χ0v) is 22.4. The molecule has 0 amide bonds. The van der Waals surface area contributed by atoms with Gasteiger partial charge in [0.2, 0.25) is 0 Å². The van der Waals surface area contributed by atoms with Crippen molar-refractivity contribution in [3.05, 3.63) is 16.7 Å². The lowest BCUT2D eigenvalue weighted by molar-refractivity contribution is 0.0765. The van der Waals surface area contributed by atoms with Crippen LogP contribution in [-0.4, -0.2) is 25.2 Å². The molecule has 0 saturated carbocycles. The monoisotopic (exact) mass is 456 g/mol. The number of benzene rings is 1. The standard InChI is InChI=1S/C25H44O5S/c1-15(2)13-24(8,9)22(25(10,11)14-23(5,6)7)18-16(3)21(31(27,28)29)20(30-12)17(4)19(18)26/h15,22,26H,13-14H2,1-12H3,(H,27,28,29). The maximum atomic E-state index is 12.4. The molecule has 1 rings (SSSR count). The van der Waals surface area contributed by atoms with Crippen LogP contribution < -0.4 is 4.74 Å². The van der Waals surface area contributed by atoms with E-state index in [1.807, 2.05) is 0 Å². The van der Waals surface area contributed by atoms with Crippen molar-refractivity contribution in [1.82, 2.24) is 0 Å². The van der Waals surface area contributed by atoms with Gasteiger partial charge in [0, 0.05) is 11.1 Å². The highest BCUT2D eigenvalue weighted by Gasteiger charge is 2.46. The Hall–Kier alpha value is -1.27. The van der Waals surface area contributed by atoms with E-state index in [0.717, 1.165) is 12.8 Å². The third kappa shape index (κ3) is 6.16. The minimum atomic E-state index is -4.56. The van der Waals surface area contributed by atoms with Crippen LogP contribution in [0.3, 0.4) is 0 Å². The first-order valence-electron chi connectivity index (χ1n) is 11.0. The molecule has 1 atom stereocenters. The van der Waals surface area contributed by atoms with Crippen LogP contribution in [0.4, 0.5) is 0 Å². The van der Waals surface area contributed by atoms with Crippen molar-refractivity contribution < 1.29 is 22.8 Å². The smallest absolute Gasteiger partial charge is 0.298 e. The van der Waals surface area contributed by atoms with Gasteiger partial charge in [-0.25, -0.2) is 0 Å². The Labute approximate surface area is 190 Å². The molecule has 0 radical (unpaired) electrons. The number of hydrogen-bond donors (Lipinski definition) is 2. The summed E-state index contributed by atoms with van der Waals surface area (Å²) in [5, 5.41) is 11.4. The van der Waals surface area contributed by atoms with E-state index in [0.29, 0.717) is 22.6 Å².